The monoisotopic (exact) mass is 300 g/mol. The van der Waals surface area contributed by atoms with Crippen molar-refractivity contribution >= 4 is 23.4 Å². The number of nitrogens with one attached hydrogen (secondary N) is 1. The van der Waals surface area contributed by atoms with E-state index in [4.69, 9.17) is 11.6 Å². The Balaban J connectivity index is 2.79. The molecule has 18 heavy (non-hydrogen) atoms. The smallest absolute Gasteiger partial charge is 0.301 e. The van der Waals surface area contributed by atoms with Gasteiger partial charge in [-0.3, -0.25) is 4.79 Å². The number of nitrogens with zero attached hydrogens (tertiary/aromatic N) is 1. The number of hydrogen-bond donors (Lipinski definition) is 1. The molecular weight excluding hydrogens is 289 g/mol. The molecular formula is C10H12ClF3N2OS. The quantitative estimate of drug-likeness (QED) is 0.527. The summed E-state index contributed by atoms with van der Waals surface area (Å²) >= 11 is 6.99. The molecule has 0 aliphatic rings. The summed E-state index contributed by atoms with van der Waals surface area (Å²) in [6.45, 7) is 3.61. The molecule has 0 bridgehead atoms. The highest BCUT2D eigenvalue weighted by Gasteiger charge is 2.33. The summed E-state index contributed by atoms with van der Waals surface area (Å²) in [5.74, 6) is 0.473. The van der Waals surface area contributed by atoms with E-state index in [-0.39, 0.29) is 5.16 Å². The van der Waals surface area contributed by atoms with Gasteiger partial charge in [0.15, 0.2) is 10.9 Å². The zero-order chi connectivity index (χ0) is 14.0. The molecule has 0 radical (unpaired) electrons. The van der Waals surface area contributed by atoms with Crippen LogP contribution in [-0.4, -0.2) is 20.6 Å². The number of hydrogen-bond acceptors (Lipinski definition) is 3. The van der Waals surface area contributed by atoms with Crippen LogP contribution in [0.5, 0.6) is 0 Å². The average Bonchev–Trinajstić information content (AvgIpc) is 2.13. The SMILES string of the molecule is CC(C)(Cl)CCSc1nc(C(F)(F)F)cc(=O)[nH]1. The van der Waals surface area contributed by atoms with E-state index >= 15 is 0 Å². The van der Waals surface area contributed by atoms with E-state index in [0.29, 0.717) is 18.2 Å². The van der Waals surface area contributed by atoms with Crippen LogP contribution in [0.4, 0.5) is 13.2 Å². The van der Waals surface area contributed by atoms with Gasteiger partial charge >= 0.3 is 6.18 Å². The lowest BCUT2D eigenvalue weighted by Crippen LogP contribution is -2.17. The zero-order valence-corrected chi connectivity index (χ0v) is 11.3. The minimum atomic E-state index is -4.62. The highest BCUT2D eigenvalue weighted by atomic mass is 35.5. The second kappa shape index (κ2) is 5.52. The summed E-state index contributed by atoms with van der Waals surface area (Å²) < 4.78 is 37.2. The Morgan fingerprint density at radius 3 is 2.56 bits per heavy atom. The van der Waals surface area contributed by atoms with E-state index in [1.807, 2.05) is 0 Å². The number of aromatic nitrogens is 2. The number of halogens is 4. The van der Waals surface area contributed by atoms with Crippen LogP contribution < -0.4 is 5.56 Å². The van der Waals surface area contributed by atoms with Gasteiger partial charge in [-0.25, -0.2) is 4.98 Å². The van der Waals surface area contributed by atoms with Gasteiger partial charge in [-0.15, -0.1) is 11.6 Å². The van der Waals surface area contributed by atoms with Gasteiger partial charge in [-0.05, 0) is 20.3 Å². The van der Waals surface area contributed by atoms with Gasteiger partial charge in [0, 0.05) is 16.7 Å². The molecule has 0 unspecified atom stereocenters. The van der Waals surface area contributed by atoms with Crippen LogP contribution in [0.25, 0.3) is 0 Å². The van der Waals surface area contributed by atoms with Crippen molar-refractivity contribution in [2.45, 2.75) is 36.5 Å². The average molecular weight is 301 g/mol. The summed E-state index contributed by atoms with van der Waals surface area (Å²) in [6, 6.07) is 0.440. The van der Waals surface area contributed by atoms with Gasteiger partial charge in [0.25, 0.3) is 5.56 Å². The number of aromatic amines is 1. The van der Waals surface area contributed by atoms with E-state index in [2.05, 4.69) is 9.97 Å². The van der Waals surface area contributed by atoms with E-state index in [1.165, 1.54) is 0 Å². The molecule has 8 heteroatoms. The van der Waals surface area contributed by atoms with Gasteiger partial charge < -0.3 is 4.98 Å². The van der Waals surface area contributed by atoms with Crippen LogP contribution in [0, 0.1) is 0 Å². The molecule has 1 aromatic rings. The first-order valence-corrected chi connectivity index (χ1v) is 6.44. The molecule has 1 aromatic heterocycles. The van der Waals surface area contributed by atoms with Crippen LogP contribution in [0.3, 0.4) is 0 Å². The number of rotatable bonds is 4. The van der Waals surface area contributed by atoms with E-state index in [1.54, 1.807) is 13.8 Å². The van der Waals surface area contributed by atoms with Gasteiger partial charge in [-0.1, -0.05) is 11.8 Å². The summed E-state index contributed by atoms with van der Waals surface area (Å²) in [4.78, 5) is 16.3. The van der Waals surface area contributed by atoms with Crippen LogP contribution in [0.1, 0.15) is 26.0 Å². The van der Waals surface area contributed by atoms with E-state index < -0.39 is 22.3 Å². The Morgan fingerprint density at radius 1 is 1.44 bits per heavy atom. The number of alkyl halides is 4. The molecule has 3 nitrogen and oxygen atoms in total. The molecule has 1 N–H and O–H groups in total. The maximum Gasteiger partial charge on any atom is 0.433 e. The molecule has 0 atom stereocenters. The van der Waals surface area contributed by atoms with Gasteiger partial charge in [0.2, 0.25) is 0 Å². The van der Waals surface area contributed by atoms with Crippen molar-refractivity contribution in [2.24, 2.45) is 0 Å². The third kappa shape index (κ3) is 5.30. The lowest BCUT2D eigenvalue weighted by Gasteiger charge is -2.14. The Hall–Kier alpha value is -0.690. The summed E-state index contributed by atoms with van der Waals surface area (Å²) in [6.07, 6.45) is -4.03. The molecule has 0 aliphatic heterocycles. The maximum absolute atomic E-state index is 12.4. The first kappa shape index (κ1) is 15.4. The third-order valence-corrected chi connectivity index (χ3v) is 3.01. The first-order valence-electron chi connectivity index (χ1n) is 5.08. The van der Waals surface area contributed by atoms with Crippen molar-refractivity contribution in [1.82, 2.24) is 9.97 Å². The van der Waals surface area contributed by atoms with Gasteiger partial charge in [-0.2, -0.15) is 13.2 Å². The van der Waals surface area contributed by atoms with Gasteiger partial charge in [0.05, 0.1) is 0 Å². The van der Waals surface area contributed by atoms with Crippen LogP contribution >= 0.6 is 23.4 Å². The van der Waals surface area contributed by atoms with Crippen molar-refractivity contribution in [1.29, 1.82) is 0 Å². The molecule has 0 saturated heterocycles. The normalized spacial score (nSPS) is 12.8. The molecule has 1 rings (SSSR count). The number of thioether (sulfide) groups is 1. The molecule has 0 aliphatic carbocycles. The maximum atomic E-state index is 12.4. The molecule has 102 valence electrons. The Kier molecular flexibility index (Phi) is 4.72. The standard InChI is InChI=1S/C10H12ClF3N2OS/c1-9(2,11)3-4-18-8-15-6(10(12,13)14)5-7(17)16-8/h5H,3-4H2,1-2H3,(H,15,16,17). The lowest BCUT2D eigenvalue weighted by atomic mass is 10.1. The highest BCUT2D eigenvalue weighted by molar-refractivity contribution is 7.99. The van der Waals surface area contributed by atoms with Crippen molar-refractivity contribution in [3.8, 4) is 0 Å². The predicted octanol–water partition coefficient (Wildman–Crippen LogP) is 3.29. The third-order valence-electron chi connectivity index (χ3n) is 1.95. The Labute approximate surface area is 111 Å². The van der Waals surface area contributed by atoms with Crippen molar-refractivity contribution < 1.29 is 13.2 Å². The summed E-state index contributed by atoms with van der Waals surface area (Å²) in [7, 11) is 0. The van der Waals surface area contributed by atoms with Crippen LogP contribution in [0.2, 0.25) is 0 Å². The van der Waals surface area contributed by atoms with Crippen LogP contribution in [0.15, 0.2) is 16.0 Å². The first-order chi connectivity index (χ1) is 8.08. The summed E-state index contributed by atoms with van der Waals surface area (Å²) in [5, 5.41) is -0.0456. The largest absolute Gasteiger partial charge is 0.433 e. The fraction of sp³-hybridized carbons (Fsp3) is 0.600. The molecule has 0 amide bonds. The lowest BCUT2D eigenvalue weighted by molar-refractivity contribution is -0.141. The van der Waals surface area contributed by atoms with E-state index in [9.17, 15) is 18.0 Å². The fourth-order valence-corrected chi connectivity index (χ4v) is 2.39. The predicted molar refractivity (Wildman–Crippen MR) is 65.1 cm³/mol. The fourth-order valence-electron chi connectivity index (χ4n) is 1.04. The second-order valence-electron chi connectivity index (χ2n) is 4.25. The Morgan fingerprint density at radius 2 is 2.06 bits per heavy atom. The van der Waals surface area contributed by atoms with Crippen LogP contribution in [-0.2, 0) is 6.18 Å². The van der Waals surface area contributed by atoms with Crippen molar-refractivity contribution in [3.05, 3.63) is 22.1 Å². The minimum absolute atomic E-state index is 0.0456. The van der Waals surface area contributed by atoms with Gasteiger partial charge in [0.1, 0.15) is 0 Å². The minimum Gasteiger partial charge on any atom is -0.301 e. The topological polar surface area (TPSA) is 45.8 Å². The molecule has 0 saturated carbocycles. The molecule has 1 heterocycles. The molecule has 0 spiro atoms. The molecule has 0 fully saturated rings. The summed E-state index contributed by atoms with van der Waals surface area (Å²) in [5.41, 5.74) is -2.00. The van der Waals surface area contributed by atoms with E-state index in [0.717, 1.165) is 11.8 Å². The van der Waals surface area contributed by atoms with Crippen molar-refractivity contribution in [3.63, 3.8) is 0 Å². The van der Waals surface area contributed by atoms with Crippen molar-refractivity contribution in [2.75, 3.05) is 5.75 Å². The Bertz CT molecular complexity index is 467. The number of H-pyrrole nitrogens is 1. The highest BCUT2D eigenvalue weighted by Crippen LogP contribution is 2.28. The molecule has 0 aromatic carbocycles. The zero-order valence-electron chi connectivity index (χ0n) is 9.77. The second-order valence-corrected chi connectivity index (χ2v) is 6.36.